The monoisotopic (exact) mass is 232 g/mol. The number of esters is 1. The van der Waals surface area contributed by atoms with Crippen LogP contribution in [0.3, 0.4) is 0 Å². The van der Waals surface area contributed by atoms with Crippen molar-refractivity contribution in [2.75, 3.05) is 7.11 Å². The van der Waals surface area contributed by atoms with Crippen LogP contribution in [0.15, 0.2) is 41.3 Å². The third-order valence-corrected chi connectivity index (χ3v) is 2.45. The number of hydrogen-bond acceptors (Lipinski definition) is 3. The summed E-state index contributed by atoms with van der Waals surface area (Å²) in [6.45, 7) is -0.0942. The molecule has 1 heterocycles. The highest BCUT2D eigenvalue weighted by Gasteiger charge is 2.11. The molecule has 0 saturated heterocycles. The number of nitrogens with one attached hydrogen (secondary N) is 1. The van der Waals surface area contributed by atoms with Gasteiger partial charge < -0.3 is 9.72 Å². The van der Waals surface area contributed by atoms with Crippen LogP contribution in [0, 0.1) is 0 Å². The molecule has 0 aliphatic heterocycles. The Morgan fingerprint density at radius 3 is 2.71 bits per heavy atom. The fourth-order valence-electron chi connectivity index (χ4n) is 1.59. The van der Waals surface area contributed by atoms with Crippen molar-refractivity contribution in [2.24, 2.45) is 0 Å². The Kier molecular flexibility index (Phi) is 3.09. The molecule has 0 aliphatic carbocycles. The van der Waals surface area contributed by atoms with Gasteiger partial charge in [0.1, 0.15) is 6.54 Å². The Bertz CT molecular complexity index is 569. The zero-order valence-electron chi connectivity index (χ0n) is 9.34. The molecule has 1 N–H and O–H groups in total. The van der Waals surface area contributed by atoms with E-state index in [-0.39, 0.29) is 12.2 Å². The lowest BCUT2D eigenvalue weighted by Gasteiger charge is -2.05. The number of carbonyl (C=O) groups excluding carboxylic acids is 1. The highest BCUT2D eigenvalue weighted by Crippen LogP contribution is 2.16. The van der Waals surface area contributed by atoms with Crippen LogP contribution in [0.2, 0.25) is 0 Å². The summed E-state index contributed by atoms with van der Waals surface area (Å²) in [7, 11) is 1.29. The third kappa shape index (κ3) is 2.28. The smallest absolute Gasteiger partial charge is 0.326 e. The molecule has 1 aromatic carbocycles. The van der Waals surface area contributed by atoms with Gasteiger partial charge in [0.2, 0.25) is 0 Å². The van der Waals surface area contributed by atoms with Gasteiger partial charge in [0.05, 0.1) is 12.8 Å². The molecule has 2 aromatic rings. The second kappa shape index (κ2) is 4.69. The predicted octanol–water partition coefficient (Wildman–Crippen LogP) is 1.02. The van der Waals surface area contributed by atoms with E-state index in [4.69, 9.17) is 0 Å². The van der Waals surface area contributed by atoms with Crippen molar-refractivity contribution in [1.82, 2.24) is 9.55 Å². The summed E-state index contributed by atoms with van der Waals surface area (Å²) >= 11 is 0. The Morgan fingerprint density at radius 2 is 2.06 bits per heavy atom. The number of H-pyrrole nitrogens is 1. The van der Waals surface area contributed by atoms with Crippen LogP contribution in [0.1, 0.15) is 0 Å². The average Bonchev–Trinajstić information content (AvgIpc) is 2.72. The van der Waals surface area contributed by atoms with Crippen molar-refractivity contribution < 1.29 is 9.53 Å². The van der Waals surface area contributed by atoms with E-state index in [2.05, 4.69) is 9.72 Å². The molecular weight excluding hydrogens is 220 g/mol. The van der Waals surface area contributed by atoms with Gasteiger partial charge in [-0.1, -0.05) is 30.3 Å². The van der Waals surface area contributed by atoms with Crippen LogP contribution in [-0.2, 0) is 16.1 Å². The Labute approximate surface area is 97.7 Å². The summed E-state index contributed by atoms with van der Waals surface area (Å²) in [4.78, 5) is 25.3. The first-order valence-electron chi connectivity index (χ1n) is 5.13. The largest absolute Gasteiger partial charge is 0.468 e. The minimum Gasteiger partial charge on any atom is -0.468 e. The zero-order chi connectivity index (χ0) is 12.3. The van der Waals surface area contributed by atoms with Gasteiger partial charge in [0, 0.05) is 6.20 Å². The molecule has 1 aromatic heterocycles. The number of methoxy groups -OCH3 is 1. The van der Waals surface area contributed by atoms with Crippen LogP contribution >= 0.6 is 0 Å². The van der Waals surface area contributed by atoms with Gasteiger partial charge in [-0.3, -0.25) is 9.36 Å². The normalized spacial score (nSPS) is 10.2. The molecule has 88 valence electrons. The number of hydrogen-bond donors (Lipinski definition) is 1. The van der Waals surface area contributed by atoms with E-state index < -0.39 is 5.97 Å². The van der Waals surface area contributed by atoms with Gasteiger partial charge in [0.15, 0.2) is 0 Å². The first-order chi connectivity index (χ1) is 8.22. The Hall–Kier alpha value is -2.30. The van der Waals surface area contributed by atoms with E-state index in [0.29, 0.717) is 5.69 Å². The second-order valence-corrected chi connectivity index (χ2v) is 3.51. The van der Waals surface area contributed by atoms with Crippen LogP contribution in [0.25, 0.3) is 11.3 Å². The molecule has 0 aliphatic rings. The molecule has 0 saturated carbocycles. The summed E-state index contributed by atoms with van der Waals surface area (Å²) in [5, 5.41) is 0. The summed E-state index contributed by atoms with van der Waals surface area (Å²) < 4.78 is 5.91. The number of aromatic nitrogens is 2. The first kappa shape index (κ1) is 11.2. The molecule has 17 heavy (non-hydrogen) atoms. The van der Waals surface area contributed by atoms with Gasteiger partial charge >= 0.3 is 11.7 Å². The average molecular weight is 232 g/mol. The van der Waals surface area contributed by atoms with Gasteiger partial charge in [-0.05, 0) is 5.56 Å². The maximum absolute atomic E-state index is 11.6. The topological polar surface area (TPSA) is 64.1 Å². The molecule has 0 spiro atoms. The van der Waals surface area contributed by atoms with E-state index in [9.17, 15) is 9.59 Å². The fraction of sp³-hybridized carbons (Fsp3) is 0.167. The number of imidazole rings is 1. The van der Waals surface area contributed by atoms with Crippen LogP contribution in [0.4, 0.5) is 0 Å². The molecule has 0 radical (unpaired) electrons. The van der Waals surface area contributed by atoms with Crippen molar-refractivity contribution in [3.63, 3.8) is 0 Å². The van der Waals surface area contributed by atoms with E-state index in [0.717, 1.165) is 5.56 Å². The number of carbonyl (C=O) groups is 1. The van der Waals surface area contributed by atoms with Crippen molar-refractivity contribution in [1.29, 1.82) is 0 Å². The van der Waals surface area contributed by atoms with E-state index in [1.54, 1.807) is 6.20 Å². The maximum Gasteiger partial charge on any atom is 0.326 e. The molecule has 0 bridgehead atoms. The molecule has 5 heteroatoms. The molecule has 0 fully saturated rings. The summed E-state index contributed by atoms with van der Waals surface area (Å²) in [6, 6.07) is 9.37. The minimum atomic E-state index is -0.455. The standard InChI is InChI=1S/C12H12N2O3/c1-17-11(15)8-14-10(7-13-12(14)16)9-5-3-2-4-6-9/h2-7H,8H2,1H3,(H,13,16). The second-order valence-electron chi connectivity index (χ2n) is 3.51. The van der Waals surface area contributed by atoms with E-state index >= 15 is 0 Å². The number of benzene rings is 1. The van der Waals surface area contributed by atoms with Crippen LogP contribution < -0.4 is 5.69 Å². The van der Waals surface area contributed by atoms with Crippen molar-refractivity contribution in [3.8, 4) is 11.3 Å². The SMILES string of the molecule is COC(=O)Cn1c(-c2ccccc2)c[nH]c1=O. The fourth-order valence-corrected chi connectivity index (χ4v) is 1.59. The molecule has 0 unspecified atom stereocenters. The maximum atomic E-state index is 11.6. The van der Waals surface area contributed by atoms with E-state index in [1.165, 1.54) is 11.7 Å². The minimum absolute atomic E-state index is 0.0942. The third-order valence-electron chi connectivity index (χ3n) is 2.45. The Balaban J connectivity index is 2.43. The lowest BCUT2D eigenvalue weighted by atomic mass is 10.2. The summed E-state index contributed by atoms with van der Waals surface area (Å²) in [5.74, 6) is -0.455. The van der Waals surface area contributed by atoms with Gasteiger partial charge in [-0.15, -0.1) is 0 Å². The predicted molar refractivity (Wildman–Crippen MR) is 62.5 cm³/mol. The van der Waals surface area contributed by atoms with Gasteiger partial charge in [0.25, 0.3) is 0 Å². The molecule has 0 amide bonds. The first-order valence-corrected chi connectivity index (χ1v) is 5.13. The van der Waals surface area contributed by atoms with Crippen molar-refractivity contribution in [2.45, 2.75) is 6.54 Å². The highest BCUT2D eigenvalue weighted by molar-refractivity contribution is 5.70. The molecule has 2 rings (SSSR count). The summed E-state index contributed by atoms with van der Waals surface area (Å²) in [5.41, 5.74) is 1.21. The number of rotatable bonds is 3. The molecule has 0 atom stereocenters. The van der Waals surface area contributed by atoms with Crippen molar-refractivity contribution in [3.05, 3.63) is 47.0 Å². The quantitative estimate of drug-likeness (QED) is 0.803. The zero-order valence-corrected chi connectivity index (χ0v) is 9.34. The van der Waals surface area contributed by atoms with Crippen molar-refractivity contribution >= 4 is 5.97 Å². The highest BCUT2D eigenvalue weighted by atomic mass is 16.5. The lowest BCUT2D eigenvalue weighted by Crippen LogP contribution is -2.23. The summed E-state index contributed by atoms with van der Waals surface area (Å²) in [6.07, 6.45) is 1.58. The Morgan fingerprint density at radius 1 is 1.35 bits per heavy atom. The number of nitrogens with zero attached hydrogens (tertiary/aromatic N) is 1. The molecule has 5 nitrogen and oxygen atoms in total. The van der Waals surface area contributed by atoms with Gasteiger partial charge in [-0.2, -0.15) is 0 Å². The van der Waals surface area contributed by atoms with Gasteiger partial charge in [-0.25, -0.2) is 4.79 Å². The number of aromatic amines is 1. The van der Waals surface area contributed by atoms with Crippen LogP contribution in [-0.4, -0.2) is 22.6 Å². The molecular formula is C12H12N2O3. The van der Waals surface area contributed by atoms with E-state index in [1.807, 2.05) is 30.3 Å². The van der Waals surface area contributed by atoms with Crippen LogP contribution in [0.5, 0.6) is 0 Å². The number of ether oxygens (including phenoxy) is 1. The lowest BCUT2D eigenvalue weighted by molar-refractivity contribution is -0.141.